The van der Waals surface area contributed by atoms with Crippen molar-refractivity contribution >= 4 is 28.4 Å². The molecule has 5 heteroatoms. The number of pyridine rings is 1. The third-order valence-electron chi connectivity index (χ3n) is 3.48. The number of aliphatic hydroxyl groups is 1. The second kappa shape index (κ2) is 6.87. The Hall–Kier alpha value is -1.65. The summed E-state index contributed by atoms with van der Waals surface area (Å²) in [6.07, 6.45) is 2.18. The van der Waals surface area contributed by atoms with Crippen LogP contribution in [0.1, 0.15) is 30.6 Å². The number of fused-ring (bicyclic) bond motifs is 1. The number of carbonyl (C=O) groups excluding carboxylic acids is 1. The Labute approximate surface area is 129 Å². The number of benzene rings is 1. The summed E-state index contributed by atoms with van der Waals surface area (Å²) in [5.41, 5.74) is 1.09. The van der Waals surface area contributed by atoms with Gasteiger partial charge in [-0.25, -0.2) is 0 Å². The Morgan fingerprint density at radius 1 is 1.43 bits per heavy atom. The maximum atomic E-state index is 12.5. The Morgan fingerprint density at radius 3 is 2.86 bits per heavy atom. The molecule has 0 saturated carbocycles. The maximum absolute atomic E-state index is 12.5. The van der Waals surface area contributed by atoms with E-state index >= 15 is 0 Å². The number of nitrogens with zero attached hydrogens (tertiary/aromatic N) is 1. The van der Waals surface area contributed by atoms with E-state index in [1.54, 1.807) is 18.3 Å². The average Bonchev–Trinajstić information content (AvgIpc) is 2.45. The first kappa shape index (κ1) is 15.7. The van der Waals surface area contributed by atoms with Gasteiger partial charge >= 0.3 is 0 Å². The van der Waals surface area contributed by atoms with Crippen LogP contribution < -0.4 is 5.32 Å². The number of hydrogen-bond donors (Lipinski definition) is 2. The normalized spacial score (nSPS) is 12.6. The van der Waals surface area contributed by atoms with E-state index < -0.39 is 0 Å². The molecule has 4 nitrogen and oxygen atoms in total. The van der Waals surface area contributed by atoms with Gasteiger partial charge in [0.15, 0.2) is 0 Å². The SMILES string of the molecule is CC(C)C(CCO)NC(=O)c1cc(Cl)cc2cccnc12. The van der Waals surface area contributed by atoms with E-state index in [-0.39, 0.29) is 24.5 Å². The number of hydrogen-bond acceptors (Lipinski definition) is 3. The fraction of sp³-hybridized carbons (Fsp3) is 0.375. The molecule has 1 unspecified atom stereocenters. The number of aliphatic hydroxyl groups excluding tert-OH is 1. The van der Waals surface area contributed by atoms with Crippen molar-refractivity contribution in [3.05, 3.63) is 41.0 Å². The van der Waals surface area contributed by atoms with Gasteiger partial charge in [-0.1, -0.05) is 31.5 Å². The predicted molar refractivity (Wildman–Crippen MR) is 84.5 cm³/mol. The molecule has 0 aliphatic rings. The van der Waals surface area contributed by atoms with Gasteiger partial charge in [0.25, 0.3) is 5.91 Å². The molecule has 0 fully saturated rings. The molecule has 21 heavy (non-hydrogen) atoms. The van der Waals surface area contributed by atoms with Crippen LogP contribution in [-0.2, 0) is 0 Å². The van der Waals surface area contributed by atoms with Crippen LogP contribution >= 0.6 is 11.6 Å². The molecule has 112 valence electrons. The van der Waals surface area contributed by atoms with Crippen molar-refractivity contribution in [2.24, 2.45) is 5.92 Å². The smallest absolute Gasteiger partial charge is 0.253 e. The third-order valence-corrected chi connectivity index (χ3v) is 3.69. The van der Waals surface area contributed by atoms with Crippen molar-refractivity contribution in [1.82, 2.24) is 10.3 Å². The lowest BCUT2D eigenvalue weighted by Crippen LogP contribution is -2.39. The minimum Gasteiger partial charge on any atom is -0.396 e. The van der Waals surface area contributed by atoms with E-state index in [1.807, 2.05) is 26.0 Å². The van der Waals surface area contributed by atoms with E-state index in [0.717, 1.165) is 5.39 Å². The van der Waals surface area contributed by atoms with Gasteiger partial charge in [-0.05, 0) is 30.5 Å². The highest BCUT2D eigenvalue weighted by molar-refractivity contribution is 6.32. The highest BCUT2D eigenvalue weighted by atomic mass is 35.5. The van der Waals surface area contributed by atoms with E-state index in [2.05, 4.69) is 10.3 Å². The summed E-state index contributed by atoms with van der Waals surface area (Å²) >= 11 is 6.08. The molecule has 0 aliphatic heterocycles. The molecule has 2 N–H and O–H groups in total. The van der Waals surface area contributed by atoms with E-state index in [9.17, 15) is 4.79 Å². The van der Waals surface area contributed by atoms with Crippen LogP contribution in [0.3, 0.4) is 0 Å². The zero-order valence-electron chi connectivity index (χ0n) is 12.1. The van der Waals surface area contributed by atoms with Gasteiger partial charge in [-0.2, -0.15) is 0 Å². The number of nitrogens with one attached hydrogen (secondary N) is 1. The summed E-state index contributed by atoms with van der Waals surface area (Å²) in [7, 11) is 0. The van der Waals surface area contributed by atoms with Crippen molar-refractivity contribution in [2.75, 3.05) is 6.61 Å². The van der Waals surface area contributed by atoms with Crippen LogP contribution in [0.15, 0.2) is 30.5 Å². The molecule has 1 amide bonds. The van der Waals surface area contributed by atoms with Gasteiger partial charge in [0, 0.05) is 29.3 Å². The molecule has 1 heterocycles. The summed E-state index contributed by atoms with van der Waals surface area (Å²) in [5.74, 6) is 0.0212. The molecule has 0 radical (unpaired) electrons. The average molecular weight is 307 g/mol. The number of halogens is 1. The lowest BCUT2D eigenvalue weighted by Gasteiger charge is -2.21. The fourth-order valence-electron chi connectivity index (χ4n) is 2.29. The third kappa shape index (κ3) is 3.71. The van der Waals surface area contributed by atoms with Gasteiger partial charge in [-0.3, -0.25) is 9.78 Å². The Morgan fingerprint density at radius 2 is 2.19 bits per heavy atom. The summed E-state index contributed by atoms with van der Waals surface area (Å²) in [6, 6.07) is 7.01. The lowest BCUT2D eigenvalue weighted by molar-refractivity contribution is 0.0918. The van der Waals surface area contributed by atoms with Crippen molar-refractivity contribution in [3.63, 3.8) is 0 Å². The van der Waals surface area contributed by atoms with Crippen molar-refractivity contribution in [3.8, 4) is 0 Å². The monoisotopic (exact) mass is 306 g/mol. The summed E-state index contributed by atoms with van der Waals surface area (Å²) in [6.45, 7) is 4.06. The van der Waals surface area contributed by atoms with Crippen LogP contribution in [0.4, 0.5) is 0 Å². The Bertz CT molecular complexity index is 643. The molecule has 2 aromatic rings. The van der Waals surface area contributed by atoms with Crippen molar-refractivity contribution < 1.29 is 9.90 Å². The molecule has 2 rings (SSSR count). The summed E-state index contributed by atoms with van der Waals surface area (Å²) in [4.78, 5) is 16.8. The van der Waals surface area contributed by atoms with E-state index in [1.165, 1.54) is 0 Å². The quantitative estimate of drug-likeness (QED) is 0.892. The first-order valence-corrected chi connectivity index (χ1v) is 7.36. The molecule has 1 aromatic heterocycles. The molecular weight excluding hydrogens is 288 g/mol. The summed E-state index contributed by atoms with van der Waals surface area (Å²) in [5, 5.41) is 13.4. The molecular formula is C16H19ClN2O2. The first-order valence-electron chi connectivity index (χ1n) is 6.99. The van der Waals surface area contributed by atoms with Crippen LogP contribution in [0.2, 0.25) is 5.02 Å². The maximum Gasteiger partial charge on any atom is 0.253 e. The number of carbonyl (C=O) groups is 1. The minimum absolute atomic E-state index is 0.0394. The van der Waals surface area contributed by atoms with Crippen LogP contribution in [0.5, 0.6) is 0 Å². The van der Waals surface area contributed by atoms with Crippen LogP contribution in [0, 0.1) is 5.92 Å². The molecule has 1 aromatic carbocycles. The fourth-order valence-corrected chi connectivity index (χ4v) is 2.51. The second-order valence-electron chi connectivity index (χ2n) is 5.36. The molecule has 0 spiro atoms. The molecule has 0 saturated heterocycles. The predicted octanol–water partition coefficient (Wildman–Crippen LogP) is 3.03. The Kier molecular flexibility index (Phi) is 5.15. The van der Waals surface area contributed by atoms with Crippen LogP contribution in [0.25, 0.3) is 10.9 Å². The van der Waals surface area contributed by atoms with Gasteiger partial charge in [0.2, 0.25) is 0 Å². The first-order chi connectivity index (χ1) is 10.0. The van der Waals surface area contributed by atoms with Gasteiger partial charge in [0.1, 0.15) is 0 Å². The minimum atomic E-state index is -0.214. The lowest BCUT2D eigenvalue weighted by atomic mass is 10.0. The molecule has 0 aliphatic carbocycles. The Balaban J connectivity index is 2.34. The molecule has 1 atom stereocenters. The van der Waals surface area contributed by atoms with E-state index in [4.69, 9.17) is 16.7 Å². The highest BCUT2D eigenvalue weighted by Crippen LogP contribution is 2.22. The highest BCUT2D eigenvalue weighted by Gasteiger charge is 2.19. The van der Waals surface area contributed by atoms with Crippen molar-refractivity contribution in [2.45, 2.75) is 26.3 Å². The second-order valence-corrected chi connectivity index (χ2v) is 5.80. The van der Waals surface area contributed by atoms with Gasteiger partial charge in [0.05, 0.1) is 11.1 Å². The number of aromatic nitrogens is 1. The van der Waals surface area contributed by atoms with Gasteiger partial charge < -0.3 is 10.4 Å². The number of rotatable bonds is 5. The van der Waals surface area contributed by atoms with Crippen molar-refractivity contribution in [1.29, 1.82) is 0 Å². The standard InChI is InChI=1S/C16H19ClN2O2/c1-10(2)14(5-7-20)19-16(21)13-9-12(17)8-11-4-3-6-18-15(11)13/h3-4,6,8-10,14,20H,5,7H2,1-2H3,(H,19,21). The summed E-state index contributed by atoms with van der Waals surface area (Å²) < 4.78 is 0. The zero-order chi connectivity index (χ0) is 15.4. The van der Waals surface area contributed by atoms with Gasteiger partial charge in [-0.15, -0.1) is 0 Å². The topological polar surface area (TPSA) is 62.2 Å². The van der Waals surface area contributed by atoms with E-state index in [0.29, 0.717) is 22.5 Å². The van der Waals surface area contributed by atoms with Crippen LogP contribution in [-0.4, -0.2) is 28.6 Å². The number of amides is 1. The molecule has 0 bridgehead atoms. The largest absolute Gasteiger partial charge is 0.396 e. The zero-order valence-corrected chi connectivity index (χ0v) is 12.9.